The van der Waals surface area contributed by atoms with Gasteiger partial charge in [-0.05, 0) is 44.1 Å². The van der Waals surface area contributed by atoms with Crippen LogP contribution in [0.3, 0.4) is 0 Å². The molecule has 4 nitrogen and oxygen atoms in total. The van der Waals surface area contributed by atoms with E-state index in [4.69, 9.17) is 10.5 Å². The minimum absolute atomic E-state index is 0.286. The molecule has 0 amide bonds. The zero-order chi connectivity index (χ0) is 12.0. The van der Waals surface area contributed by atoms with Crippen LogP contribution in [0.2, 0.25) is 0 Å². The van der Waals surface area contributed by atoms with Crippen molar-refractivity contribution >= 4 is 22.4 Å². The molecule has 3 rings (SSSR count). The zero-order valence-electron chi connectivity index (χ0n) is 10.3. The van der Waals surface area contributed by atoms with E-state index in [2.05, 4.69) is 23.1 Å². The van der Waals surface area contributed by atoms with Gasteiger partial charge in [0.1, 0.15) is 10.8 Å². The summed E-state index contributed by atoms with van der Waals surface area (Å²) in [4.78, 5) is 2.40. The third-order valence-corrected chi connectivity index (χ3v) is 4.37. The molecule has 2 N–H and O–H groups in total. The fourth-order valence-electron chi connectivity index (χ4n) is 2.63. The number of ether oxygens (including phenoxy) is 1. The normalized spacial score (nSPS) is 29.6. The van der Waals surface area contributed by atoms with Crippen LogP contribution in [0.5, 0.6) is 0 Å². The summed E-state index contributed by atoms with van der Waals surface area (Å²) in [5, 5.41) is 1.28. The van der Waals surface area contributed by atoms with Gasteiger partial charge in [-0.15, -0.1) is 0 Å². The predicted molar refractivity (Wildman–Crippen MR) is 70.7 cm³/mol. The second-order valence-corrected chi connectivity index (χ2v) is 5.98. The molecule has 0 spiro atoms. The van der Waals surface area contributed by atoms with Gasteiger partial charge in [-0.1, -0.05) is 0 Å². The molecule has 1 aliphatic carbocycles. The van der Waals surface area contributed by atoms with E-state index < -0.39 is 0 Å². The SMILES string of the molecule is C[C@@H]1CN(c2snc(N)c2C2CC2)C[C@H](C)O1. The van der Waals surface area contributed by atoms with Crippen LogP contribution >= 0.6 is 11.5 Å². The summed E-state index contributed by atoms with van der Waals surface area (Å²) >= 11 is 1.55. The first-order valence-electron chi connectivity index (χ1n) is 6.30. The number of nitrogens with two attached hydrogens (primary N) is 1. The number of rotatable bonds is 2. The second kappa shape index (κ2) is 4.14. The molecular weight excluding hydrogens is 234 g/mol. The van der Waals surface area contributed by atoms with E-state index in [1.54, 1.807) is 11.5 Å². The summed E-state index contributed by atoms with van der Waals surface area (Å²) in [6, 6.07) is 0. The molecule has 94 valence electrons. The highest BCUT2D eigenvalue weighted by atomic mass is 32.1. The zero-order valence-corrected chi connectivity index (χ0v) is 11.2. The molecule has 1 aromatic heterocycles. The molecule has 17 heavy (non-hydrogen) atoms. The van der Waals surface area contributed by atoms with E-state index >= 15 is 0 Å². The Kier molecular flexibility index (Phi) is 2.75. The number of anilines is 2. The van der Waals surface area contributed by atoms with Crippen LogP contribution in [-0.4, -0.2) is 29.7 Å². The number of hydrogen-bond donors (Lipinski definition) is 1. The van der Waals surface area contributed by atoms with Crippen molar-refractivity contribution in [3.8, 4) is 0 Å². The lowest BCUT2D eigenvalue weighted by molar-refractivity contribution is -0.00504. The minimum atomic E-state index is 0.286. The van der Waals surface area contributed by atoms with Crippen LogP contribution in [0.4, 0.5) is 10.8 Å². The maximum atomic E-state index is 6.00. The fourth-order valence-corrected chi connectivity index (χ4v) is 3.55. The van der Waals surface area contributed by atoms with Gasteiger partial charge in [0.05, 0.1) is 12.2 Å². The molecule has 0 aromatic carbocycles. The van der Waals surface area contributed by atoms with Crippen molar-refractivity contribution in [2.45, 2.75) is 44.8 Å². The predicted octanol–water partition coefficient (Wildman–Crippen LogP) is 2.22. The summed E-state index contributed by atoms with van der Waals surface area (Å²) in [6.45, 7) is 6.16. The Balaban J connectivity index is 1.87. The van der Waals surface area contributed by atoms with Crippen molar-refractivity contribution in [2.75, 3.05) is 23.7 Å². The van der Waals surface area contributed by atoms with Gasteiger partial charge in [-0.3, -0.25) is 0 Å². The molecule has 0 bridgehead atoms. The average Bonchev–Trinajstić information content (AvgIpc) is 3.01. The van der Waals surface area contributed by atoms with Gasteiger partial charge in [0, 0.05) is 18.7 Å². The topological polar surface area (TPSA) is 51.4 Å². The minimum Gasteiger partial charge on any atom is -0.383 e. The van der Waals surface area contributed by atoms with Crippen molar-refractivity contribution in [3.63, 3.8) is 0 Å². The molecule has 1 aromatic rings. The van der Waals surface area contributed by atoms with Crippen LogP contribution in [0.15, 0.2) is 0 Å². The number of morpholine rings is 1. The summed E-state index contributed by atoms with van der Waals surface area (Å²) in [5.41, 5.74) is 7.30. The van der Waals surface area contributed by atoms with Gasteiger partial charge in [-0.2, -0.15) is 4.37 Å². The van der Waals surface area contributed by atoms with E-state index in [0.29, 0.717) is 5.92 Å². The first-order chi connectivity index (χ1) is 8.15. The lowest BCUT2D eigenvalue weighted by Gasteiger charge is -2.36. The van der Waals surface area contributed by atoms with Gasteiger partial charge in [0.15, 0.2) is 0 Å². The molecule has 2 heterocycles. The van der Waals surface area contributed by atoms with Crippen molar-refractivity contribution in [1.29, 1.82) is 0 Å². The number of aromatic nitrogens is 1. The first-order valence-corrected chi connectivity index (χ1v) is 7.08. The lowest BCUT2D eigenvalue weighted by atomic mass is 10.1. The van der Waals surface area contributed by atoms with Crippen LogP contribution in [0.1, 0.15) is 38.2 Å². The van der Waals surface area contributed by atoms with E-state index in [-0.39, 0.29) is 12.2 Å². The molecule has 5 heteroatoms. The molecule has 0 unspecified atom stereocenters. The largest absolute Gasteiger partial charge is 0.383 e. The summed E-state index contributed by atoms with van der Waals surface area (Å²) in [7, 11) is 0. The lowest BCUT2D eigenvalue weighted by Crippen LogP contribution is -2.45. The quantitative estimate of drug-likeness (QED) is 0.878. The molecule has 1 saturated carbocycles. The van der Waals surface area contributed by atoms with Crippen LogP contribution in [0.25, 0.3) is 0 Å². The highest BCUT2D eigenvalue weighted by Gasteiger charge is 2.34. The second-order valence-electron chi connectivity index (χ2n) is 5.22. The first kappa shape index (κ1) is 11.3. The third-order valence-electron chi connectivity index (χ3n) is 3.43. The smallest absolute Gasteiger partial charge is 0.142 e. The molecule has 1 aliphatic heterocycles. The number of nitrogens with zero attached hydrogens (tertiary/aromatic N) is 2. The van der Waals surface area contributed by atoms with Crippen LogP contribution < -0.4 is 10.6 Å². The van der Waals surface area contributed by atoms with E-state index in [9.17, 15) is 0 Å². The maximum absolute atomic E-state index is 6.00. The molecular formula is C12H19N3OS. The Morgan fingerprint density at radius 1 is 1.29 bits per heavy atom. The Hall–Kier alpha value is -0.810. The van der Waals surface area contributed by atoms with Gasteiger partial charge >= 0.3 is 0 Å². The van der Waals surface area contributed by atoms with Crippen molar-refractivity contribution in [1.82, 2.24) is 4.37 Å². The Morgan fingerprint density at radius 3 is 2.53 bits per heavy atom. The van der Waals surface area contributed by atoms with Gasteiger partial charge in [0.2, 0.25) is 0 Å². The number of nitrogen functional groups attached to an aromatic ring is 1. The summed E-state index contributed by atoms with van der Waals surface area (Å²) in [6.07, 6.45) is 3.11. The molecule has 2 aliphatic rings. The third kappa shape index (κ3) is 2.13. The van der Waals surface area contributed by atoms with Crippen LogP contribution in [-0.2, 0) is 4.74 Å². The average molecular weight is 253 g/mol. The fraction of sp³-hybridized carbons (Fsp3) is 0.750. The summed E-state index contributed by atoms with van der Waals surface area (Å²) < 4.78 is 10.1. The van der Waals surface area contributed by atoms with Gasteiger partial charge in [-0.25, -0.2) is 0 Å². The Morgan fingerprint density at radius 2 is 1.94 bits per heavy atom. The molecule has 1 saturated heterocycles. The number of hydrogen-bond acceptors (Lipinski definition) is 5. The van der Waals surface area contributed by atoms with Crippen molar-refractivity contribution in [3.05, 3.63) is 5.56 Å². The van der Waals surface area contributed by atoms with E-state index in [0.717, 1.165) is 18.9 Å². The van der Waals surface area contributed by atoms with Crippen LogP contribution in [0, 0.1) is 0 Å². The molecule has 0 radical (unpaired) electrons. The molecule has 2 fully saturated rings. The highest BCUT2D eigenvalue weighted by molar-refractivity contribution is 7.10. The summed E-state index contributed by atoms with van der Waals surface area (Å²) in [5.74, 6) is 1.41. The molecule has 2 atom stereocenters. The maximum Gasteiger partial charge on any atom is 0.142 e. The Labute approximate surface area is 106 Å². The van der Waals surface area contributed by atoms with Crippen molar-refractivity contribution < 1.29 is 4.74 Å². The van der Waals surface area contributed by atoms with Gasteiger partial charge < -0.3 is 15.4 Å². The van der Waals surface area contributed by atoms with E-state index in [1.165, 1.54) is 23.4 Å². The standard InChI is InChI=1S/C12H19N3OS/c1-7-5-15(6-8(2)16-7)12-10(9-3-4-9)11(13)14-17-12/h7-9H,3-6H2,1-2H3,(H2,13,14)/t7-,8+. The van der Waals surface area contributed by atoms with Gasteiger partial charge in [0.25, 0.3) is 0 Å². The van der Waals surface area contributed by atoms with Crippen molar-refractivity contribution in [2.24, 2.45) is 0 Å². The Bertz CT molecular complexity index is 406. The monoisotopic (exact) mass is 253 g/mol. The van der Waals surface area contributed by atoms with E-state index in [1.807, 2.05) is 0 Å². The highest BCUT2D eigenvalue weighted by Crippen LogP contribution is 2.49.